The minimum atomic E-state index is -1.58. The molecule has 0 bridgehead atoms. The third kappa shape index (κ3) is 12.9. The Balaban J connectivity index is 1.62. The van der Waals surface area contributed by atoms with Crippen LogP contribution < -0.4 is 16.0 Å². The number of aromatic nitrogens is 1. The summed E-state index contributed by atoms with van der Waals surface area (Å²) in [5.74, 6) is -4.47. The summed E-state index contributed by atoms with van der Waals surface area (Å²) in [5, 5.41) is 18.2. The summed E-state index contributed by atoms with van der Waals surface area (Å²) in [7, 11) is -1.58. The second-order valence-corrected chi connectivity index (χ2v) is 22.6. The lowest BCUT2D eigenvalue weighted by Gasteiger charge is -2.41. The summed E-state index contributed by atoms with van der Waals surface area (Å²) in [5.41, 5.74) is 1.07. The van der Waals surface area contributed by atoms with Gasteiger partial charge in [-0.25, -0.2) is 13.6 Å². The number of ether oxygens (including phenoxy) is 1. The molecule has 4 rings (SSSR count). The molecule has 1 aliphatic rings. The zero-order valence-corrected chi connectivity index (χ0v) is 36.2. The van der Waals surface area contributed by atoms with Crippen molar-refractivity contribution in [3.63, 3.8) is 0 Å². The fraction of sp³-hybridized carbons (Fsp3) is 0.442. The molecule has 0 radical (unpaired) electrons. The fourth-order valence-electron chi connectivity index (χ4n) is 6.82. The van der Waals surface area contributed by atoms with Gasteiger partial charge in [-0.1, -0.05) is 70.7 Å². The number of alkyl carbamates (subject to hydrolysis) is 1. The number of imide groups is 1. The number of carbonyl (C=O) groups is 6. The maximum Gasteiger partial charge on any atom is 0.407 e. The number of benzene rings is 2. The van der Waals surface area contributed by atoms with Crippen LogP contribution in [0.1, 0.15) is 51.4 Å². The quantitative estimate of drug-likeness (QED) is 0.0758. The number of hydrogen-bond acceptors (Lipinski definition) is 8. The molecule has 0 aliphatic carbocycles. The van der Waals surface area contributed by atoms with Crippen molar-refractivity contribution in [2.24, 2.45) is 5.41 Å². The molecule has 2 aromatic carbocycles. The standard InChI is InChI=1S/C43H56F2N6O8Si/c1-28(51-36(53)15-16-37(51)54)40(56)46-18-19-47-41(57)34(48-42(58)59-21-22-60(5,6)7)17-20-50(38(55)27-52)39(43(2,3)4)35-23-30(32-24-31(44)13-14-33(32)45)26-49(35)25-29-11-9-8-10-12-29/h8-16,23-24,26,28,34,39,52H,17-22,25,27H2,1-7H3,(H,46,56)(H,47,57)(H,48,58). The highest BCUT2D eigenvalue weighted by Gasteiger charge is 2.38. The monoisotopic (exact) mass is 850 g/mol. The van der Waals surface area contributed by atoms with Crippen molar-refractivity contribution in [1.29, 1.82) is 0 Å². The molecule has 2 heterocycles. The van der Waals surface area contributed by atoms with Gasteiger partial charge in [-0.05, 0) is 54.6 Å². The van der Waals surface area contributed by atoms with Crippen molar-refractivity contribution in [2.45, 2.75) is 84.5 Å². The van der Waals surface area contributed by atoms with Crippen LogP contribution in [0.4, 0.5) is 13.6 Å². The number of hydrogen-bond donors (Lipinski definition) is 4. The van der Waals surface area contributed by atoms with E-state index in [2.05, 4.69) is 35.6 Å². The molecule has 1 aromatic heterocycles. The van der Waals surface area contributed by atoms with Gasteiger partial charge in [0.2, 0.25) is 17.7 Å². The Bertz CT molecular complexity index is 2050. The fourth-order valence-corrected chi connectivity index (χ4v) is 7.54. The van der Waals surface area contributed by atoms with E-state index in [-0.39, 0.29) is 38.2 Å². The number of nitrogens with one attached hydrogen (secondary N) is 3. The van der Waals surface area contributed by atoms with Crippen LogP contribution in [-0.4, -0.2) is 108 Å². The van der Waals surface area contributed by atoms with Gasteiger partial charge in [0.1, 0.15) is 30.3 Å². The predicted octanol–water partition coefficient (Wildman–Crippen LogP) is 4.76. The van der Waals surface area contributed by atoms with Gasteiger partial charge in [0.15, 0.2) is 0 Å². The van der Waals surface area contributed by atoms with E-state index in [1.807, 2.05) is 55.7 Å². The summed E-state index contributed by atoms with van der Waals surface area (Å²) in [6.45, 7) is 12.6. The minimum absolute atomic E-state index is 0.0185. The van der Waals surface area contributed by atoms with Gasteiger partial charge in [0.05, 0.1) is 12.6 Å². The number of nitrogens with zero attached hydrogens (tertiary/aromatic N) is 3. The summed E-state index contributed by atoms with van der Waals surface area (Å²) in [4.78, 5) is 79.6. The maximum absolute atomic E-state index is 15.2. The average Bonchev–Trinajstić information content (AvgIpc) is 3.74. The first-order chi connectivity index (χ1) is 28.2. The largest absolute Gasteiger partial charge is 0.450 e. The SMILES string of the molecule is CC(C(=O)NCCNC(=O)C(CCN(C(=O)CO)C(c1cc(-c2cc(F)ccc2F)cn1Cc1ccccc1)C(C)(C)C)NC(=O)OCC[Si](C)(C)C)N1C(=O)C=CC1=O. The zero-order chi connectivity index (χ0) is 44.4. The molecular weight excluding hydrogens is 795 g/mol. The van der Waals surface area contributed by atoms with Crippen molar-refractivity contribution in [2.75, 3.05) is 32.8 Å². The molecule has 60 heavy (non-hydrogen) atoms. The molecule has 3 aromatic rings. The van der Waals surface area contributed by atoms with E-state index in [9.17, 15) is 38.3 Å². The minimum Gasteiger partial charge on any atom is -0.450 e. The van der Waals surface area contributed by atoms with Crippen LogP contribution in [0.15, 0.2) is 72.9 Å². The van der Waals surface area contributed by atoms with Crippen LogP contribution in [-0.2, 0) is 35.3 Å². The van der Waals surface area contributed by atoms with Crippen molar-refractivity contribution in [3.05, 3.63) is 95.8 Å². The molecule has 3 unspecified atom stereocenters. The molecule has 14 nitrogen and oxygen atoms in total. The van der Waals surface area contributed by atoms with E-state index >= 15 is 4.39 Å². The van der Waals surface area contributed by atoms with Crippen molar-refractivity contribution in [1.82, 2.24) is 30.3 Å². The Hall–Kier alpha value is -5.68. The van der Waals surface area contributed by atoms with Crippen LogP contribution in [0.2, 0.25) is 25.7 Å². The molecular formula is C43H56F2N6O8Si. The Morgan fingerprint density at radius 1 is 0.917 bits per heavy atom. The van der Waals surface area contributed by atoms with Gasteiger partial charge in [0.25, 0.3) is 11.8 Å². The lowest BCUT2D eigenvalue weighted by Crippen LogP contribution is -2.52. The first kappa shape index (κ1) is 47.0. The molecule has 0 saturated carbocycles. The van der Waals surface area contributed by atoms with E-state index in [0.717, 1.165) is 40.8 Å². The van der Waals surface area contributed by atoms with Crippen molar-refractivity contribution in [3.8, 4) is 11.1 Å². The molecule has 0 spiro atoms. The van der Waals surface area contributed by atoms with Crippen LogP contribution in [0, 0.1) is 17.0 Å². The molecule has 6 amide bonds. The Morgan fingerprint density at radius 3 is 2.15 bits per heavy atom. The van der Waals surface area contributed by atoms with E-state index in [4.69, 9.17) is 4.74 Å². The van der Waals surface area contributed by atoms with E-state index in [1.54, 1.807) is 12.3 Å². The highest BCUT2D eigenvalue weighted by molar-refractivity contribution is 6.76. The molecule has 0 saturated heterocycles. The number of carbonyl (C=O) groups excluding carboxylic acids is 6. The highest BCUT2D eigenvalue weighted by Crippen LogP contribution is 2.41. The van der Waals surface area contributed by atoms with E-state index < -0.39 is 85.5 Å². The van der Waals surface area contributed by atoms with Crippen LogP contribution in [0.25, 0.3) is 11.1 Å². The first-order valence-corrected chi connectivity index (χ1v) is 23.5. The van der Waals surface area contributed by atoms with Gasteiger partial charge in [-0.2, -0.15) is 0 Å². The predicted molar refractivity (Wildman–Crippen MR) is 224 cm³/mol. The molecule has 17 heteroatoms. The third-order valence-corrected chi connectivity index (χ3v) is 11.6. The normalized spacial score (nSPS) is 14.4. The molecule has 1 aliphatic heterocycles. The molecule has 4 N–H and O–H groups in total. The smallest absolute Gasteiger partial charge is 0.407 e. The summed E-state index contributed by atoms with van der Waals surface area (Å²) >= 11 is 0. The van der Waals surface area contributed by atoms with Gasteiger partial charge in [-0.15, -0.1) is 0 Å². The number of amides is 6. The van der Waals surface area contributed by atoms with Crippen LogP contribution in [0.3, 0.4) is 0 Å². The zero-order valence-electron chi connectivity index (χ0n) is 35.2. The topological polar surface area (TPSA) is 179 Å². The van der Waals surface area contributed by atoms with E-state index in [1.165, 1.54) is 11.8 Å². The Labute approximate surface area is 350 Å². The summed E-state index contributed by atoms with van der Waals surface area (Å²) in [6.07, 6.45) is 2.83. The second kappa shape index (κ2) is 20.5. The second-order valence-electron chi connectivity index (χ2n) is 17.0. The van der Waals surface area contributed by atoms with E-state index in [0.29, 0.717) is 23.8 Å². The molecule has 324 valence electrons. The van der Waals surface area contributed by atoms with Gasteiger partial charge in [-0.3, -0.25) is 28.9 Å². The Morgan fingerprint density at radius 2 is 1.55 bits per heavy atom. The lowest BCUT2D eigenvalue weighted by atomic mass is 9.82. The van der Waals surface area contributed by atoms with Crippen molar-refractivity contribution < 1.29 is 47.4 Å². The third-order valence-electron chi connectivity index (χ3n) is 9.92. The highest BCUT2D eigenvalue weighted by atomic mass is 28.3. The van der Waals surface area contributed by atoms with Gasteiger partial charge < -0.3 is 35.3 Å². The number of aliphatic hydroxyl groups excluding tert-OH is 1. The number of aliphatic hydroxyl groups is 1. The maximum atomic E-state index is 15.2. The first-order valence-electron chi connectivity index (χ1n) is 19.8. The van der Waals surface area contributed by atoms with Gasteiger partial charge in [0, 0.05) is 69.4 Å². The molecule has 0 fully saturated rings. The Kier molecular flexibility index (Phi) is 16.1. The van der Waals surface area contributed by atoms with Gasteiger partial charge >= 0.3 is 6.09 Å². The number of halogens is 2. The molecule has 3 atom stereocenters. The number of rotatable bonds is 19. The summed E-state index contributed by atoms with van der Waals surface area (Å²) < 4.78 is 36.9. The average molecular weight is 851 g/mol. The van der Waals surface area contributed by atoms with Crippen LogP contribution >= 0.6 is 0 Å². The van der Waals surface area contributed by atoms with Crippen molar-refractivity contribution >= 4 is 43.7 Å². The van der Waals surface area contributed by atoms with Crippen LogP contribution in [0.5, 0.6) is 0 Å². The lowest BCUT2D eigenvalue weighted by molar-refractivity contribution is -0.144. The summed E-state index contributed by atoms with van der Waals surface area (Å²) in [6, 6.07) is 11.8.